The summed E-state index contributed by atoms with van der Waals surface area (Å²) in [6.45, 7) is 0.828. The molecule has 0 unspecified atom stereocenters. The highest BCUT2D eigenvalue weighted by atomic mass is 16.5. The molecular weight excluding hydrogens is 268 g/mol. The van der Waals surface area contributed by atoms with Crippen LogP contribution in [0.25, 0.3) is 10.8 Å². The molecule has 0 aliphatic heterocycles. The number of ether oxygens (including phenoxy) is 1. The summed E-state index contributed by atoms with van der Waals surface area (Å²) in [5, 5.41) is 7.14. The topological polar surface area (TPSA) is 67.4 Å². The Morgan fingerprint density at radius 3 is 2.62 bits per heavy atom. The van der Waals surface area contributed by atoms with E-state index in [-0.39, 0.29) is 18.4 Å². The predicted octanol–water partition coefficient (Wildman–Crippen LogP) is 1.33. The van der Waals surface area contributed by atoms with Gasteiger partial charge in [0.15, 0.2) is 0 Å². The van der Waals surface area contributed by atoms with E-state index in [4.69, 9.17) is 4.74 Å². The van der Waals surface area contributed by atoms with Gasteiger partial charge in [-0.1, -0.05) is 36.4 Å². The van der Waals surface area contributed by atoms with Crippen molar-refractivity contribution in [3.63, 3.8) is 0 Å². The van der Waals surface area contributed by atoms with Crippen molar-refractivity contribution >= 4 is 22.6 Å². The number of hydrogen-bond donors (Lipinski definition) is 2. The number of carbonyl (C=O) groups excluding carboxylic acids is 2. The molecule has 0 aliphatic rings. The van der Waals surface area contributed by atoms with E-state index in [1.165, 1.54) is 0 Å². The molecule has 0 spiro atoms. The number of amides is 2. The molecule has 2 amide bonds. The van der Waals surface area contributed by atoms with Crippen LogP contribution in [0.4, 0.5) is 0 Å². The number of nitrogens with one attached hydrogen (secondary N) is 2. The highest BCUT2D eigenvalue weighted by molar-refractivity contribution is 6.07. The standard InChI is InChI=1S/C16H18N2O3/c1-21-10-9-17-15(19)11-18-16(20)14-8-4-6-12-5-2-3-7-13(12)14/h2-8H,9-11H2,1H3,(H,17,19)(H,18,20). The minimum absolute atomic E-state index is 0.0498. The second-order valence-electron chi connectivity index (χ2n) is 4.55. The number of fused-ring (bicyclic) bond motifs is 1. The van der Waals surface area contributed by atoms with E-state index in [0.717, 1.165) is 10.8 Å². The number of methoxy groups -OCH3 is 1. The van der Waals surface area contributed by atoms with Crippen molar-refractivity contribution in [3.8, 4) is 0 Å². The van der Waals surface area contributed by atoms with Gasteiger partial charge >= 0.3 is 0 Å². The Bertz CT molecular complexity index is 635. The lowest BCUT2D eigenvalue weighted by atomic mass is 10.0. The fourth-order valence-corrected chi connectivity index (χ4v) is 2.03. The molecule has 0 aliphatic carbocycles. The van der Waals surface area contributed by atoms with E-state index >= 15 is 0 Å². The van der Waals surface area contributed by atoms with Gasteiger partial charge in [0.1, 0.15) is 0 Å². The van der Waals surface area contributed by atoms with Crippen LogP contribution in [0.1, 0.15) is 10.4 Å². The van der Waals surface area contributed by atoms with Gasteiger partial charge in [0.25, 0.3) is 5.91 Å². The van der Waals surface area contributed by atoms with Gasteiger partial charge in [0.2, 0.25) is 5.91 Å². The summed E-state index contributed by atoms with van der Waals surface area (Å²) in [7, 11) is 1.56. The van der Waals surface area contributed by atoms with E-state index < -0.39 is 0 Å². The zero-order valence-corrected chi connectivity index (χ0v) is 11.9. The third-order valence-corrected chi connectivity index (χ3v) is 3.07. The first-order chi connectivity index (χ1) is 10.2. The normalized spacial score (nSPS) is 10.3. The average molecular weight is 286 g/mol. The Hall–Kier alpha value is -2.40. The van der Waals surface area contributed by atoms with Crippen molar-refractivity contribution < 1.29 is 14.3 Å². The van der Waals surface area contributed by atoms with Gasteiger partial charge in [-0.25, -0.2) is 0 Å². The van der Waals surface area contributed by atoms with Crippen LogP contribution in [0, 0.1) is 0 Å². The SMILES string of the molecule is COCCNC(=O)CNC(=O)c1cccc2ccccc12. The summed E-state index contributed by atoms with van der Waals surface area (Å²) in [6, 6.07) is 13.2. The van der Waals surface area contributed by atoms with Gasteiger partial charge < -0.3 is 15.4 Å². The number of benzene rings is 2. The predicted molar refractivity (Wildman–Crippen MR) is 81.2 cm³/mol. The van der Waals surface area contributed by atoms with Gasteiger partial charge in [-0.15, -0.1) is 0 Å². The quantitative estimate of drug-likeness (QED) is 0.787. The molecule has 5 heteroatoms. The molecule has 5 nitrogen and oxygen atoms in total. The van der Waals surface area contributed by atoms with Crippen LogP contribution >= 0.6 is 0 Å². The molecule has 0 atom stereocenters. The minimum atomic E-state index is -0.256. The molecule has 0 fully saturated rings. The van der Waals surface area contributed by atoms with Gasteiger partial charge in [0.05, 0.1) is 13.2 Å². The van der Waals surface area contributed by atoms with Crippen molar-refractivity contribution in [2.45, 2.75) is 0 Å². The lowest BCUT2D eigenvalue weighted by molar-refractivity contribution is -0.120. The maximum Gasteiger partial charge on any atom is 0.252 e. The Morgan fingerprint density at radius 1 is 1.05 bits per heavy atom. The molecule has 2 aromatic rings. The summed E-state index contributed by atoms with van der Waals surface area (Å²) in [4.78, 5) is 23.7. The molecule has 2 N–H and O–H groups in total. The lowest BCUT2D eigenvalue weighted by Crippen LogP contribution is -2.38. The number of carbonyl (C=O) groups is 2. The summed E-state index contributed by atoms with van der Waals surface area (Å²) in [6.07, 6.45) is 0. The van der Waals surface area contributed by atoms with Crippen molar-refractivity contribution in [2.75, 3.05) is 26.8 Å². The maximum absolute atomic E-state index is 12.2. The third-order valence-electron chi connectivity index (χ3n) is 3.07. The zero-order chi connectivity index (χ0) is 15.1. The summed E-state index contributed by atoms with van der Waals surface area (Å²) in [5.41, 5.74) is 0.567. The molecule has 0 bridgehead atoms. The smallest absolute Gasteiger partial charge is 0.252 e. The molecule has 0 heterocycles. The molecule has 0 aromatic heterocycles. The fourth-order valence-electron chi connectivity index (χ4n) is 2.03. The molecule has 21 heavy (non-hydrogen) atoms. The Labute approximate surface area is 123 Å². The third kappa shape index (κ3) is 4.03. The van der Waals surface area contributed by atoms with Gasteiger partial charge in [-0.05, 0) is 16.8 Å². The Balaban J connectivity index is 1.98. The van der Waals surface area contributed by atoms with Crippen LogP contribution in [0.2, 0.25) is 0 Å². The first-order valence-electron chi connectivity index (χ1n) is 6.74. The van der Waals surface area contributed by atoms with Crippen LogP contribution in [-0.4, -0.2) is 38.6 Å². The van der Waals surface area contributed by atoms with Gasteiger partial charge in [-0.3, -0.25) is 9.59 Å². The van der Waals surface area contributed by atoms with Gasteiger partial charge in [0, 0.05) is 19.2 Å². The molecule has 0 saturated heterocycles. The summed E-state index contributed by atoms with van der Waals surface area (Å²) < 4.78 is 4.83. The average Bonchev–Trinajstić information content (AvgIpc) is 2.52. The molecule has 2 rings (SSSR count). The minimum Gasteiger partial charge on any atom is -0.383 e. The van der Waals surface area contributed by atoms with Crippen LogP contribution in [0.3, 0.4) is 0 Å². The summed E-state index contributed by atoms with van der Waals surface area (Å²) >= 11 is 0. The van der Waals surface area contributed by atoms with E-state index in [2.05, 4.69) is 10.6 Å². The summed E-state index contributed by atoms with van der Waals surface area (Å²) in [5.74, 6) is -0.491. The van der Waals surface area contributed by atoms with E-state index in [9.17, 15) is 9.59 Å². The van der Waals surface area contributed by atoms with Crippen molar-refractivity contribution in [3.05, 3.63) is 48.0 Å². The van der Waals surface area contributed by atoms with Crippen LogP contribution in [0.15, 0.2) is 42.5 Å². The first kappa shape index (κ1) is 15.0. The fraction of sp³-hybridized carbons (Fsp3) is 0.250. The maximum atomic E-state index is 12.2. The lowest BCUT2D eigenvalue weighted by Gasteiger charge is -2.08. The van der Waals surface area contributed by atoms with Crippen LogP contribution in [0.5, 0.6) is 0 Å². The number of rotatable bonds is 6. The second-order valence-corrected chi connectivity index (χ2v) is 4.55. The van der Waals surface area contributed by atoms with Crippen molar-refractivity contribution in [2.24, 2.45) is 0 Å². The highest BCUT2D eigenvalue weighted by Gasteiger charge is 2.10. The van der Waals surface area contributed by atoms with E-state index in [0.29, 0.717) is 18.7 Å². The highest BCUT2D eigenvalue weighted by Crippen LogP contribution is 2.18. The molecule has 0 saturated carbocycles. The number of hydrogen-bond acceptors (Lipinski definition) is 3. The van der Waals surface area contributed by atoms with Crippen molar-refractivity contribution in [1.29, 1.82) is 0 Å². The van der Waals surface area contributed by atoms with Crippen LogP contribution < -0.4 is 10.6 Å². The second kappa shape index (κ2) is 7.40. The molecule has 0 radical (unpaired) electrons. The van der Waals surface area contributed by atoms with Gasteiger partial charge in [-0.2, -0.15) is 0 Å². The molecular formula is C16H18N2O3. The Morgan fingerprint density at radius 2 is 1.81 bits per heavy atom. The Kier molecular flexibility index (Phi) is 5.29. The van der Waals surface area contributed by atoms with Crippen LogP contribution in [-0.2, 0) is 9.53 Å². The van der Waals surface area contributed by atoms with Crippen molar-refractivity contribution in [1.82, 2.24) is 10.6 Å². The zero-order valence-electron chi connectivity index (χ0n) is 11.9. The molecule has 110 valence electrons. The van der Waals surface area contributed by atoms with E-state index in [1.807, 2.05) is 36.4 Å². The molecule has 2 aromatic carbocycles. The monoisotopic (exact) mass is 286 g/mol. The largest absolute Gasteiger partial charge is 0.383 e. The van der Waals surface area contributed by atoms with E-state index in [1.54, 1.807) is 13.2 Å². The first-order valence-corrected chi connectivity index (χ1v) is 6.74.